The third-order valence-electron chi connectivity index (χ3n) is 3.30. The van der Waals surface area contributed by atoms with Crippen LogP contribution in [0.25, 0.3) is 0 Å². The lowest BCUT2D eigenvalue weighted by Crippen LogP contribution is -2.36. The van der Waals surface area contributed by atoms with E-state index in [1.165, 1.54) is 0 Å². The van der Waals surface area contributed by atoms with Gasteiger partial charge in [-0.3, -0.25) is 10.1 Å². The second-order valence-electron chi connectivity index (χ2n) is 4.44. The summed E-state index contributed by atoms with van der Waals surface area (Å²) in [5, 5.41) is 3.44. The predicted molar refractivity (Wildman–Crippen MR) is 68.4 cm³/mol. The van der Waals surface area contributed by atoms with E-state index in [2.05, 4.69) is 12.2 Å². The van der Waals surface area contributed by atoms with Gasteiger partial charge in [0.1, 0.15) is 6.04 Å². The third kappa shape index (κ3) is 2.34. The highest BCUT2D eigenvalue weighted by molar-refractivity contribution is 5.85. The van der Waals surface area contributed by atoms with E-state index in [1.54, 1.807) is 0 Å². The molecule has 1 aliphatic heterocycles. The largest absolute Gasteiger partial charge is 0.326 e. The number of benzene rings is 1. The lowest BCUT2D eigenvalue weighted by atomic mass is 10.1. The van der Waals surface area contributed by atoms with E-state index < -0.39 is 0 Å². The summed E-state index contributed by atoms with van der Waals surface area (Å²) < 4.78 is 0. The van der Waals surface area contributed by atoms with Crippen LogP contribution in [0.3, 0.4) is 0 Å². The molecule has 1 aliphatic rings. The fourth-order valence-electron chi connectivity index (χ4n) is 2.45. The first-order valence-electron chi connectivity index (χ1n) is 6.39. The Hall–Kier alpha value is -1.35. The average molecular weight is 232 g/mol. The predicted octanol–water partition coefficient (Wildman–Crippen LogP) is 2.31. The molecule has 1 aromatic carbocycles. The number of carbonyl (C=O) groups is 1. The standard InChI is InChI=1S/C14H20N2O/c1-3-8-12-15-13(14(17)16(12)4-2)11-9-6-5-7-10-11/h5-7,9-10,12-13,15H,3-4,8H2,1-2H3. The van der Waals surface area contributed by atoms with Crippen LogP contribution in [-0.2, 0) is 4.79 Å². The molecule has 0 spiro atoms. The quantitative estimate of drug-likeness (QED) is 0.864. The minimum Gasteiger partial charge on any atom is -0.326 e. The molecule has 17 heavy (non-hydrogen) atoms. The highest BCUT2D eigenvalue weighted by atomic mass is 16.2. The van der Waals surface area contributed by atoms with Gasteiger partial charge in [-0.25, -0.2) is 0 Å². The van der Waals surface area contributed by atoms with Crippen molar-refractivity contribution in [1.82, 2.24) is 10.2 Å². The van der Waals surface area contributed by atoms with Gasteiger partial charge in [0.2, 0.25) is 5.91 Å². The zero-order chi connectivity index (χ0) is 12.3. The van der Waals surface area contributed by atoms with Gasteiger partial charge in [-0.1, -0.05) is 43.7 Å². The van der Waals surface area contributed by atoms with Crippen molar-refractivity contribution in [3.8, 4) is 0 Å². The Morgan fingerprint density at radius 3 is 2.53 bits per heavy atom. The number of hydrogen-bond acceptors (Lipinski definition) is 2. The maximum atomic E-state index is 12.3. The first kappa shape index (κ1) is 12.1. The second kappa shape index (κ2) is 5.32. The first-order chi connectivity index (χ1) is 8.27. The van der Waals surface area contributed by atoms with E-state index >= 15 is 0 Å². The number of carbonyl (C=O) groups excluding carboxylic acids is 1. The van der Waals surface area contributed by atoms with Crippen molar-refractivity contribution >= 4 is 5.91 Å². The molecule has 1 N–H and O–H groups in total. The summed E-state index contributed by atoms with van der Waals surface area (Å²) in [6, 6.07) is 9.80. The summed E-state index contributed by atoms with van der Waals surface area (Å²) in [7, 11) is 0. The van der Waals surface area contributed by atoms with Crippen molar-refractivity contribution in [3.05, 3.63) is 35.9 Å². The van der Waals surface area contributed by atoms with Gasteiger partial charge >= 0.3 is 0 Å². The molecule has 1 amide bonds. The molecular weight excluding hydrogens is 212 g/mol. The molecule has 0 aromatic heterocycles. The minimum atomic E-state index is -0.160. The van der Waals surface area contributed by atoms with E-state index in [0.717, 1.165) is 24.9 Å². The Morgan fingerprint density at radius 1 is 1.24 bits per heavy atom. The SMILES string of the molecule is CCCC1NC(c2ccccc2)C(=O)N1CC. The molecule has 2 rings (SSSR count). The Labute approximate surface area is 103 Å². The molecule has 92 valence electrons. The molecule has 3 nitrogen and oxygen atoms in total. The van der Waals surface area contributed by atoms with Crippen LogP contribution < -0.4 is 5.32 Å². The van der Waals surface area contributed by atoms with Gasteiger partial charge in [0.05, 0.1) is 6.17 Å². The minimum absolute atomic E-state index is 0.160. The zero-order valence-electron chi connectivity index (χ0n) is 10.5. The van der Waals surface area contributed by atoms with Gasteiger partial charge in [-0.2, -0.15) is 0 Å². The fourth-order valence-corrected chi connectivity index (χ4v) is 2.45. The first-order valence-corrected chi connectivity index (χ1v) is 6.39. The van der Waals surface area contributed by atoms with Crippen LogP contribution in [0.5, 0.6) is 0 Å². The number of nitrogens with zero attached hydrogens (tertiary/aromatic N) is 1. The van der Waals surface area contributed by atoms with Crippen LogP contribution in [0.15, 0.2) is 30.3 Å². The van der Waals surface area contributed by atoms with Crippen molar-refractivity contribution in [3.63, 3.8) is 0 Å². The summed E-state index contributed by atoms with van der Waals surface area (Å²) in [6.45, 7) is 4.96. The zero-order valence-corrected chi connectivity index (χ0v) is 10.5. The Morgan fingerprint density at radius 2 is 1.94 bits per heavy atom. The highest BCUT2D eigenvalue weighted by Gasteiger charge is 2.37. The maximum absolute atomic E-state index is 12.3. The second-order valence-corrected chi connectivity index (χ2v) is 4.44. The van der Waals surface area contributed by atoms with Crippen LogP contribution in [0, 0.1) is 0 Å². The van der Waals surface area contributed by atoms with Crippen LogP contribution in [-0.4, -0.2) is 23.5 Å². The van der Waals surface area contributed by atoms with Crippen molar-refractivity contribution < 1.29 is 4.79 Å². The van der Waals surface area contributed by atoms with E-state index in [-0.39, 0.29) is 18.1 Å². The highest BCUT2D eigenvalue weighted by Crippen LogP contribution is 2.25. The lowest BCUT2D eigenvalue weighted by Gasteiger charge is -2.21. The monoisotopic (exact) mass is 232 g/mol. The van der Waals surface area contributed by atoms with Crippen molar-refractivity contribution in [1.29, 1.82) is 0 Å². The Bertz CT molecular complexity index is 377. The molecule has 0 radical (unpaired) electrons. The van der Waals surface area contributed by atoms with Crippen molar-refractivity contribution in [2.45, 2.75) is 38.9 Å². The summed E-state index contributed by atoms with van der Waals surface area (Å²) in [4.78, 5) is 14.2. The number of likely N-dealkylation sites (N-methyl/N-ethyl adjacent to an activating group) is 1. The smallest absolute Gasteiger partial charge is 0.245 e. The van der Waals surface area contributed by atoms with E-state index in [0.29, 0.717) is 0 Å². The molecule has 3 heteroatoms. The van der Waals surface area contributed by atoms with Gasteiger partial charge in [-0.15, -0.1) is 0 Å². The molecule has 2 unspecified atom stereocenters. The topological polar surface area (TPSA) is 32.3 Å². The van der Waals surface area contributed by atoms with E-state index in [9.17, 15) is 4.79 Å². The Kier molecular flexibility index (Phi) is 3.79. The normalized spacial score (nSPS) is 24.4. The third-order valence-corrected chi connectivity index (χ3v) is 3.30. The average Bonchev–Trinajstić information content (AvgIpc) is 2.67. The molecule has 2 atom stereocenters. The van der Waals surface area contributed by atoms with Crippen molar-refractivity contribution in [2.75, 3.05) is 6.54 Å². The molecule has 1 saturated heterocycles. The Balaban J connectivity index is 2.19. The van der Waals surface area contributed by atoms with E-state index in [4.69, 9.17) is 0 Å². The fraction of sp³-hybridized carbons (Fsp3) is 0.500. The molecule has 0 aliphatic carbocycles. The van der Waals surface area contributed by atoms with Crippen LogP contribution in [0.1, 0.15) is 38.3 Å². The number of rotatable bonds is 4. The molecule has 0 saturated carbocycles. The number of amides is 1. The molecule has 1 aromatic rings. The molecule has 1 heterocycles. The van der Waals surface area contributed by atoms with Gasteiger partial charge < -0.3 is 4.90 Å². The van der Waals surface area contributed by atoms with Crippen LogP contribution >= 0.6 is 0 Å². The number of nitrogens with one attached hydrogen (secondary N) is 1. The molecule has 0 bridgehead atoms. The van der Waals surface area contributed by atoms with E-state index in [1.807, 2.05) is 42.2 Å². The van der Waals surface area contributed by atoms with Gasteiger partial charge in [0.15, 0.2) is 0 Å². The molecular formula is C14H20N2O. The lowest BCUT2D eigenvalue weighted by molar-refractivity contribution is -0.130. The van der Waals surface area contributed by atoms with Crippen LogP contribution in [0.4, 0.5) is 0 Å². The summed E-state index contributed by atoms with van der Waals surface area (Å²) in [6.07, 6.45) is 2.30. The summed E-state index contributed by atoms with van der Waals surface area (Å²) in [5.74, 6) is 0.206. The van der Waals surface area contributed by atoms with Crippen molar-refractivity contribution in [2.24, 2.45) is 0 Å². The molecule has 1 fully saturated rings. The van der Waals surface area contributed by atoms with Crippen LogP contribution in [0.2, 0.25) is 0 Å². The summed E-state index contributed by atoms with van der Waals surface area (Å²) in [5.41, 5.74) is 1.06. The van der Waals surface area contributed by atoms with Gasteiger partial charge in [-0.05, 0) is 18.9 Å². The maximum Gasteiger partial charge on any atom is 0.245 e. The summed E-state index contributed by atoms with van der Waals surface area (Å²) >= 11 is 0. The number of hydrogen-bond donors (Lipinski definition) is 1. The van der Waals surface area contributed by atoms with Gasteiger partial charge in [0, 0.05) is 6.54 Å². The van der Waals surface area contributed by atoms with Gasteiger partial charge in [0.25, 0.3) is 0 Å².